The summed E-state index contributed by atoms with van der Waals surface area (Å²) in [6.45, 7) is 1.65. The molecule has 1 fully saturated rings. The molecule has 0 unspecified atom stereocenters. The summed E-state index contributed by atoms with van der Waals surface area (Å²) in [5.41, 5.74) is 0.799. The number of likely N-dealkylation sites (tertiary alicyclic amines) is 1. The molecule has 25 heavy (non-hydrogen) atoms. The van der Waals surface area contributed by atoms with Crippen molar-refractivity contribution in [2.45, 2.75) is 23.6 Å². The summed E-state index contributed by atoms with van der Waals surface area (Å²) in [6, 6.07) is 10.3. The van der Waals surface area contributed by atoms with E-state index in [9.17, 15) is 13.2 Å². The average molecular weight is 380 g/mol. The molecule has 0 radical (unpaired) electrons. The van der Waals surface area contributed by atoms with Crippen molar-refractivity contribution in [1.82, 2.24) is 9.62 Å². The number of hydrogen-bond donors (Lipinski definition) is 1. The average Bonchev–Trinajstić information content (AvgIpc) is 3.31. The Labute approximate surface area is 151 Å². The second-order valence-electron chi connectivity index (χ2n) is 5.79. The van der Waals surface area contributed by atoms with Gasteiger partial charge < -0.3 is 9.64 Å². The van der Waals surface area contributed by atoms with Crippen LogP contribution in [-0.2, 0) is 16.6 Å². The van der Waals surface area contributed by atoms with Crippen LogP contribution in [0.3, 0.4) is 0 Å². The van der Waals surface area contributed by atoms with E-state index in [-0.39, 0.29) is 16.7 Å². The number of carbonyl (C=O) groups excluding carboxylic acids is 1. The molecule has 2 aromatic rings. The van der Waals surface area contributed by atoms with Crippen LogP contribution in [0.2, 0.25) is 0 Å². The van der Waals surface area contributed by atoms with E-state index in [1.165, 1.54) is 6.07 Å². The summed E-state index contributed by atoms with van der Waals surface area (Å²) in [4.78, 5) is 14.6. The van der Waals surface area contributed by atoms with E-state index >= 15 is 0 Å². The van der Waals surface area contributed by atoms with Gasteiger partial charge in [-0.3, -0.25) is 4.79 Å². The highest BCUT2D eigenvalue weighted by atomic mass is 32.2. The number of benzene rings is 1. The van der Waals surface area contributed by atoms with Gasteiger partial charge in [-0.1, -0.05) is 12.1 Å². The van der Waals surface area contributed by atoms with Gasteiger partial charge in [0.1, 0.15) is 9.96 Å². The predicted molar refractivity (Wildman–Crippen MR) is 96.5 cm³/mol. The number of sulfonamides is 1. The summed E-state index contributed by atoms with van der Waals surface area (Å²) in [5.74, 6) is 0.586. The summed E-state index contributed by atoms with van der Waals surface area (Å²) in [5, 5.41) is 0. The van der Waals surface area contributed by atoms with E-state index in [0.717, 1.165) is 42.8 Å². The number of thiophene rings is 1. The Morgan fingerprint density at radius 1 is 1.24 bits per heavy atom. The number of amides is 1. The van der Waals surface area contributed by atoms with Crippen molar-refractivity contribution >= 4 is 27.3 Å². The zero-order chi connectivity index (χ0) is 17.9. The number of ether oxygens (including phenoxy) is 1. The van der Waals surface area contributed by atoms with Crippen molar-refractivity contribution in [2.75, 3.05) is 20.2 Å². The molecule has 6 nitrogen and oxygen atoms in total. The molecule has 0 saturated carbocycles. The van der Waals surface area contributed by atoms with Gasteiger partial charge in [-0.15, -0.1) is 11.3 Å². The van der Waals surface area contributed by atoms with Gasteiger partial charge in [0.15, 0.2) is 0 Å². The normalized spacial score (nSPS) is 14.7. The van der Waals surface area contributed by atoms with Crippen LogP contribution in [0.1, 0.15) is 28.1 Å². The second kappa shape index (κ2) is 7.55. The molecule has 134 valence electrons. The van der Waals surface area contributed by atoms with Crippen LogP contribution >= 0.6 is 11.3 Å². The lowest BCUT2D eigenvalue weighted by molar-refractivity contribution is 0.0797. The van der Waals surface area contributed by atoms with E-state index in [4.69, 9.17) is 4.74 Å². The molecule has 1 aliphatic rings. The molecule has 1 N–H and O–H groups in total. The molecule has 0 bridgehead atoms. The van der Waals surface area contributed by atoms with Crippen LogP contribution in [-0.4, -0.2) is 39.4 Å². The van der Waals surface area contributed by atoms with Crippen molar-refractivity contribution < 1.29 is 17.9 Å². The van der Waals surface area contributed by atoms with Gasteiger partial charge in [0.25, 0.3) is 5.91 Å². The van der Waals surface area contributed by atoms with Crippen LogP contribution in [0.15, 0.2) is 40.6 Å². The van der Waals surface area contributed by atoms with E-state index in [1.54, 1.807) is 36.3 Å². The molecule has 0 atom stereocenters. The standard InChI is InChI=1S/C17H20N2O4S2/c1-23-14-6-4-5-13(11-14)12-18-25(21,22)16-8-7-15(24-16)17(20)19-9-2-3-10-19/h4-8,11,18H,2-3,9-10,12H2,1H3. The topological polar surface area (TPSA) is 75.7 Å². The minimum Gasteiger partial charge on any atom is -0.497 e. The maximum absolute atomic E-state index is 12.5. The van der Waals surface area contributed by atoms with E-state index in [1.807, 2.05) is 6.07 Å². The third kappa shape index (κ3) is 4.20. The Kier molecular flexibility index (Phi) is 5.41. The highest BCUT2D eigenvalue weighted by Gasteiger charge is 2.24. The molecular weight excluding hydrogens is 360 g/mol. The maximum atomic E-state index is 12.5. The molecule has 1 amide bonds. The third-order valence-electron chi connectivity index (χ3n) is 4.05. The minimum atomic E-state index is -3.66. The molecule has 8 heteroatoms. The first kappa shape index (κ1) is 17.9. The quantitative estimate of drug-likeness (QED) is 0.835. The summed E-state index contributed by atoms with van der Waals surface area (Å²) in [6.07, 6.45) is 2.01. The van der Waals surface area contributed by atoms with Crippen molar-refractivity contribution in [2.24, 2.45) is 0 Å². The van der Waals surface area contributed by atoms with Gasteiger partial charge in [-0.2, -0.15) is 0 Å². The van der Waals surface area contributed by atoms with Gasteiger partial charge in [-0.05, 0) is 42.7 Å². The van der Waals surface area contributed by atoms with E-state index in [2.05, 4.69) is 4.72 Å². The minimum absolute atomic E-state index is 0.0863. The van der Waals surface area contributed by atoms with Gasteiger partial charge in [0.05, 0.1) is 12.0 Å². The largest absolute Gasteiger partial charge is 0.497 e. The lowest BCUT2D eigenvalue weighted by atomic mass is 10.2. The second-order valence-corrected chi connectivity index (χ2v) is 8.87. The third-order valence-corrected chi connectivity index (χ3v) is 7.02. The van der Waals surface area contributed by atoms with Crippen LogP contribution in [0.4, 0.5) is 0 Å². The van der Waals surface area contributed by atoms with Crippen molar-refractivity contribution in [3.63, 3.8) is 0 Å². The van der Waals surface area contributed by atoms with Crippen molar-refractivity contribution in [3.05, 3.63) is 46.8 Å². The van der Waals surface area contributed by atoms with Gasteiger partial charge in [0, 0.05) is 19.6 Å². The highest BCUT2D eigenvalue weighted by Crippen LogP contribution is 2.24. The molecule has 1 aromatic carbocycles. The van der Waals surface area contributed by atoms with Crippen LogP contribution in [0.25, 0.3) is 0 Å². The van der Waals surface area contributed by atoms with E-state index in [0.29, 0.717) is 10.6 Å². The Balaban J connectivity index is 1.68. The van der Waals surface area contributed by atoms with E-state index < -0.39 is 10.0 Å². The van der Waals surface area contributed by atoms with Crippen LogP contribution in [0.5, 0.6) is 5.75 Å². The molecule has 1 saturated heterocycles. The SMILES string of the molecule is COc1cccc(CNS(=O)(=O)c2ccc(C(=O)N3CCCC3)s2)c1. The first-order chi connectivity index (χ1) is 12.0. The molecule has 3 rings (SSSR count). The number of carbonyl (C=O) groups is 1. The molecule has 1 aromatic heterocycles. The first-order valence-corrected chi connectivity index (χ1v) is 10.3. The number of nitrogens with one attached hydrogen (secondary N) is 1. The van der Waals surface area contributed by atoms with Crippen LogP contribution < -0.4 is 9.46 Å². The number of rotatable bonds is 6. The lowest BCUT2D eigenvalue weighted by Gasteiger charge is -2.13. The number of methoxy groups -OCH3 is 1. The van der Waals surface area contributed by atoms with Gasteiger partial charge >= 0.3 is 0 Å². The maximum Gasteiger partial charge on any atom is 0.263 e. The summed E-state index contributed by atoms with van der Waals surface area (Å²) >= 11 is 1.01. The predicted octanol–water partition coefficient (Wildman–Crippen LogP) is 2.47. The molecule has 0 spiro atoms. The molecule has 1 aliphatic heterocycles. The fourth-order valence-electron chi connectivity index (χ4n) is 2.69. The number of nitrogens with zero attached hydrogens (tertiary/aromatic N) is 1. The van der Waals surface area contributed by atoms with Gasteiger partial charge in [-0.25, -0.2) is 13.1 Å². The fourth-order valence-corrected chi connectivity index (χ4v) is 5.02. The van der Waals surface area contributed by atoms with Crippen LogP contribution in [0, 0.1) is 0 Å². The number of hydrogen-bond acceptors (Lipinski definition) is 5. The zero-order valence-corrected chi connectivity index (χ0v) is 15.5. The van der Waals surface area contributed by atoms with Crippen molar-refractivity contribution in [1.29, 1.82) is 0 Å². The Morgan fingerprint density at radius 3 is 2.72 bits per heavy atom. The van der Waals surface area contributed by atoms with Gasteiger partial charge in [0.2, 0.25) is 10.0 Å². The first-order valence-electron chi connectivity index (χ1n) is 8.01. The van der Waals surface area contributed by atoms with Crippen molar-refractivity contribution in [3.8, 4) is 5.75 Å². The highest BCUT2D eigenvalue weighted by molar-refractivity contribution is 7.91. The summed E-state index contributed by atoms with van der Waals surface area (Å²) in [7, 11) is -2.09. The molecule has 0 aliphatic carbocycles. The Hall–Kier alpha value is -1.90. The fraction of sp³-hybridized carbons (Fsp3) is 0.353. The lowest BCUT2D eigenvalue weighted by Crippen LogP contribution is -2.26. The molecular formula is C17H20N2O4S2. The zero-order valence-electron chi connectivity index (χ0n) is 13.9. The Bertz CT molecular complexity index is 855. The monoisotopic (exact) mass is 380 g/mol. The summed E-state index contributed by atoms with van der Waals surface area (Å²) < 4.78 is 32.8. The molecule has 2 heterocycles. The smallest absolute Gasteiger partial charge is 0.263 e. The Morgan fingerprint density at radius 2 is 2.00 bits per heavy atom.